The van der Waals surface area contributed by atoms with Gasteiger partial charge in [-0.15, -0.1) is 0 Å². The number of aromatic carboxylic acids is 1. The molecule has 0 saturated carbocycles. The first-order valence-electron chi connectivity index (χ1n) is 5.46. The number of carboxylic acids is 1. The van der Waals surface area contributed by atoms with Crippen molar-refractivity contribution in [2.24, 2.45) is 0 Å². The molecule has 0 aliphatic carbocycles. The van der Waals surface area contributed by atoms with Gasteiger partial charge >= 0.3 is 5.97 Å². The highest BCUT2D eigenvalue weighted by Gasteiger charge is 2.17. The number of nitrogens with zero attached hydrogens (tertiary/aromatic N) is 1. The Hall–Kier alpha value is -1.48. The van der Waals surface area contributed by atoms with E-state index in [9.17, 15) is 9.90 Å². The van der Waals surface area contributed by atoms with Gasteiger partial charge in [-0.25, -0.2) is 4.79 Å². The molecule has 0 saturated heterocycles. The van der Waals surface area contributed by atoms with Crippen LogP contribution in [-0.2, 0) is 0 Å². The zero-order valence-electron chi connectivity index (χ0n) is 9.99. The topological polar surface area (TPSA) is 42.2 Å². The summed E-state index contributed by atoms with van der Waals surface area (Å²) < 4.78 is 1.96. The lowest BCUT2D eigenvalue weighted by atomic mass is 10.1. The molecule has 17 heavy (non-hydrogen) atoms. The second-order valence-electron chi connectivity index (χ2n) is 4.42. The molecule has 4 heteroatoms. The second-order valence-corrected chi connectivity index (χ2v) is 4.82. The summed E-state index contributed by atoms with van der Waals surface area (Å²) in [6.45, 7) is 5.95. The van der Waals surface area contributed by atoms with E-state index in [-0.39, 0.29) is 6.04 Å². The summed E-state index contributed by atoms with van der Waals surface area (Å²) in [4.78, 5) is 11.2. The zero-order valence-corrected chi connectivity index (χ0v) is 10.7. The summed E-state index contributed by atoms with van der Waals surface area (Å²) in [6, 6.07) is 3.71. The lowest BCUT2D eigenvalue weighted by molar-refractivity contribution is 0.0699. The van der Waals surface area contributed by atoms with Gasteiger partial charge in [-0.05, 0) is 32.4 Å². The summed E-state index contributed by atoms with van der Waals surface area (Å²) >= 11 is 6.09. The quantitative estimate of drug-likeness (QED) is 0.880. The fraction of sp³-hybridized carbons (Fsp3) is 0.308. The van der Waals surface area contributed by atoms with Crippen LogP contribution in [0.25, 0.3) is 10.9 Å². The third kappa shape index (κ3) is 1.80. The van der Waals surface area contributed by atoms with Gasteiger partial charge < -0.3 is 9.67 Å². The molecule has 1 aromatic carbocycles. The van der Waals surface area contributed by atoms with E-state index in [2.05, 4.69) is 0 Å². The van der Waals surface area contributed by atoms with Crippen molar-refractivity contribution < 1.29 is 9.90 Å². The van der Waals surface area contributed by atoms with Crippen molar-refractivity contribution in [3.63, 3.8) is 0 Å². The van der Waals surface area contributed by atoms with Gasteiger partial charge in [0.15, 0.2) is 0 Å². The van der Waals surface area contributed by atoms with E-state index in [1.165, 1.54) is 0 Å². The first-order valence-corrected chi connectivity index (χ1v) is 5.84. The fourth-order valence-electron chi connectivity index (χ4n) is 2.08. The number of benzene rings is 1. The molecule has 90 valence electrons. The van der Waals surface area contributed by atoms with E-state index in [1.807, 2.05) is 25.3 Å². The van der Waals surface area contributed by atoms with Crippen molar-refractivity contribution in [3.8, 4) is 0 Å². The van der Waals surface area contributed by atoms with Gasteiger partial charge in [0.2, 0.25) is 0 Å². The highest BCUT2D eigenvalue weighted by Crippen LogP contribution is 2.31. The molecule has 0 bridgehead atoms. The number of carboxylic acid groups (broad SMARTS) is 1. The lowest BCUT2D eigenvalue weighted by Crippen LogP contribution is -2.00. The molecule has 0 fully saturated rings. The summed E-state index contributed by atoms with van der Waals surface area (Å²) in [5, 5.41) is 10.6. The van der Waals surface area contributed by atoms with Crippen molar-refractivity contribution in [1.82, 2.24) is 4.57 Å². The average Bonchev–Trinajstić information content (AvgIpc) is 2.63. The van der Waals surface area contributed by atoms with Gasteiger partial charge in [0.1, 0.15) is 0 Å². The van der Waals surface area contributed by atoms with Crippen molar-refractivity contribution in [2.45, 2.75) is 26.8 Å². The summed E-state index contributed by atoms with van der Waals surface area (Å²) in [5.74, 6) is -0.906. The number of hydrogen-bond acceptors (Lipinski definition) is 1. The Labute approximate surface area is 105 Å². The zero-order chi connectivity index (χ0) is 12.7. The van der Waals surface area contributed by atoms with Crippen LogP contribution in [0.3, 0.4) is 0 Å². The largest absolute Gasteiger partial charge is 0.478 e. The van der Waals surface area contributed by atoms with Crippen LogP contribution in [0, 0.1) is 6.92 Å². The minimum Gasteiger partial charge on any atom is -0.478 e. The molecule has 0 spiro atoms. The second kappa shape index (κ2) is 4.08. The molecule has 3 nitrogen and oxygen atoms in total. The first kappa shape index (κ1) is 12.0. The van der Waals surface area contributed by atoms with Gasteiger partial charge in [-0.3, -0.25) is 0 Å². The summed E-state index contributed by atoms with van der Waals surface area (Å²) in [7, 11) is 0. The van der Waals surface area contributed by atoms with E-state index in [4.69, 9.17) is 11.6 Å². The van der Waals surface area contributed by atoms with Gasteiger partial charge in [-0.2, -0.15) is 0 Å². The molecular weight excluding hydrogens is 238 g/mol. The standard InChI is InChI=1S/C13H14ClNO2/c1-7(2)15-6-10(13(16)17)9-4-5-11(14)8(3)12(9)15/h4-7H,1-3H3,(H,16,17). The molecule has 0 unspecified atom stereocenters. The average molecular weight is 252 g/mol. The maximum Gasteiger partial charge on any atom is 0.337 e. The predicted molar refractivity (Wildman–Crippen MR) is 69.0 cm³/mol. The molecule has 2 rings (SSSR count). The lowest BCUT2D eigenvalue weighted by Gasteiger charge is -2.11. The summed E-state index contributed by atoms with van der Waals surface area (Å²) in [6.07, 6.45) is 1.68. The smallest absolute Gasteiger partial charge is 0.337 e. The third-order valence-corrected chi connectivity index (χ3v) is 3.38. The predicted octanol–water partition coefficient (Wildman–Crippen LogP) is 3.88. The molecular formula is C13H14ClNO2. The van der Waals surface area contributed by atoms with Crippen LogP contribution in [0.1, 0.15) is 35.8 Å². The van der Waals surface area contributed by atoms with Gasteiger partial charge in [0.25, 0.3) is 0 Å². The molecule has 0 aliphatic rings. The fourth-order valence-corrected chi connectivity index (χ4v) is 2.23. The normalized spacial score (nSPS) is 11.4. The number of aromatic nitrogens is 1. The van der Waals surface area contributed by atoms with E-state index >= 15 is 0 Å². The van der Waals surface area contributed by atoms with Crippen LogP contribution in [0.15, 0.2) is 18.3 Å². The highest BCUT2D eigenvalue weighted by atomic mass is 35.5. The molecule has 0 aliphatic heterocycles. The summed E-state index contributed by atoms with van der Waals surface area (Å²) in [5.41, 5.74) is 2.16. The van der Waals surface area contributed by atoms with E-state index in [0.29, 0.717) is 10.6 Å². The maximum atomic E-state index is 11.2. The van der Waals surface area contributed by atoms with Crippen LogP contribution in [0.4, 0.5) is 0 Å². The number of hydrogen-bond donors (Lipinski definition) is 1. The molecule has 2 aromatic rings. The first-order chi connectivity index (χ1) is 7.93. The molecule has 1 heterocycles. The third-order valence-electron chi connectivity index (χ3n) is 2.97. The molecule has 0 atom stereocenters. The van der Waals surface area contributed by atoms with Crippen molar-refractivity contribution in [1.29, 1.82) is 0 Å². The van der Waals surface area contributed by atoms with E-state index in [0.717, 1.165) is 16.5 Å². The Morgan fingerprint density at radius 3 is 2.59 bits per heavy atom. The number of aryl methyl sites for hydroxylation is 1. The van der Waals surface area contributed by atoms with Crippen LogP contribution < -0.4 is 0 Å². The molecule has 1 N–H and O–H groups in total. The van der Waals surface area contributed by atoms with Crippen LogP contribution in [0.2, 0.25) is 5.02 Å². The van der Waals surface area contributed by atoms with E-state index < -0.39 is 5.97 Å². The Morgan fingerprint density at radius 1 is 1.41 bits per heavy atom. The Balaban J connectivity index is 2.91. The maximum absolute atomic E-state index is 11.2. The van der Waals surface area contributed by atoms with Crippen molar-refractivity contribution in [2.75, 3.05) is 0 Å². The Bertz CT molecular complexity index is 599. The van der Waals surface area contributed by atoms with E-state index in [1.54, 1.807) is 18.3 Å². The SMILES string of the molecule is Cc1c(Cl)ccc2c(C(=O)O)cn(C(C)C)c12. The number of halogens is 1. The minimum atomic E-state index is -0.906. The number of rotatable bonds is 2. The molecule has 1 aromatic heterocycles. The van der Waals surface area contributed by atoms with Gasteiger partial charge in [-0.1, -0.05) is 17.7 Å². The molecule has 0 radical (unpaired) electrons. The minimum absolute atomic E-state index is 0.197. The Kier molecular flexibility index (Phi) is 2.87. The Morgan fingerprint density at radius 2 is 2.06 bits per heavy atom. The van der Waals surface area contributed by atoms with Crippen molar-refractivity contribution >= 4 is 28.5 Å². The van der Waals surface area contributed by atoms with Crippen LogP contribution in [0.5, 0.6) is 0 Å². The number of fused-ring (bicyclic) bond motifs is 1. The highest BCUT2D eigenvalue weighted by molar-refractivity contribution is 6.32. The monoisotopic (exact) mass is 251 g/mol. The van der Waals surface area contributed by atoms with Crippen LogP contribution >= 0.6 is 11.6 Å². The molecule has 0 amide bonds. The van der Waals surface area contributed by atoms with Crippen molar-refractivity contribution in [3.05, 3.63) is 34.5 Å². The number of carbonyl (C=O) groups is 1. The van der Waals surface area contributed by atoms with Crippen LogP contribution in [-0.4, -0.2) is 15.6 Å². The van der Waals surface area contributed by atoms with Gasteiger partial charge in [0, 0.05) is 22.6 Å². The van der Waals surface area contributed by atoms with Gasteiger partial charge in [0.05, 0.1) is 11.1 Å².